The molecule has 1 amide bonds. The highest BCUT2D eigenvalue weighted by molar-refractivity contribution is 5.78. The largest absolute Gasteiger partial charge is 0.493 e. The van der Waals surface area contributed by atoms with E-state index in [-0.39, 0.29) is 12.5 Å². The van der Waals surface area contributed by atoms with Crippen molar-refractivity contribution in [3.63, 3.8) is 0 Å². The second kappa shape index (κ2) is 7.03. The first-order chi connectivity index (χ1) is 9.74. The Morgan fingerprint density at radius 2 is 1.90 bits per heavy atom. The lowest BCUT2D eigenvalue weighted by molar-refractivity contribution is -0.123. The highest BCUT2D eigenvalue weighted by atomic mass is 16.5. The fraction of sp³-hybridized carbons (Fsp3) is 0.533. The van der Waals surface area contributed by atoms with Crippen molar-refractivity contribution >= 4 is 5.91 Å². The van der Waals surface area contributed by atoms with E-state index in [4.69, 9.17) is 14.2 Å². The van der Waals surface area contributed by atoms with Crippen LogP contribution in [-0.2, 0) is 4.79 Å². The minimum absolute atomic E-state index is 0.0139. The number of methoxy groups -OCH3 is 2. The molecule has 0 unspecified atom stereocenters. The number of ether oxygens (including phenoxy) is 3. The van der Waals surface area contributed by atoms with E-state index >= 15 is 0 Å². The van der Waals surface area contributed by atoms with Crippen molar-refractivity contribution in [3.8, 4) is 17.2 Å². The monoisotopic (exact) mass is 279 g/mol. The zero-order valence-corrected chi connectivity index (χ0v) is 12.0. The molecule has 1 aliphatic rings. The van der Waals surface area contributed by atoms with E-state index in [1.165, 1.54) is 12.8 Å². The molecule has 0 atom stereocenters. The summed E-state index contributed by atoms with van der Waals surface area (Å²) in [4.78, 5) is 11.8. The lowest BCUT2D eigenvalue weighted by Crippen LogP contribution is -2.36. The first-order valence-electron chi connectivity index (χ1n) is 6.87. The molecule has 5 heteroatoms. The molecule has 0 radical (unpaired) electrons. The second-order valence-electron chi connectivity index (χ2n) is 4.83. The summed E-state index contributed by atoms with van der Waals surface area (Å²) in [5.41, 5.74) is 0. The van der Waals surface area contributed by atoms with E-state index in [0.29, 0.717) is 23.3 Å². The molecule has 0 spiro atoms. The maximum absolute atomic E-state index is 11.8. The number of benzene rings is 1. The van der Waals surface area contributed by atoms with Gasteiger partial charge in [-0.1, -0.05) is 18.9 Å². The van der Waals surface area contributed by atoms with Gasteiger partial charge in [-0.25, -0.2) is 0 Å². The molecular formula is C15H21NO4. The Bertz CT molecular complexity index is 455. The van der Waals surface area contributed by atoms with E-state index in [1.807, 2.05) is 0 Å². The quantitative estimate of drug-likeness (QED) is 0.867. The summed E-state index contributed by atoms with van der Waals surface area (Å²) in [6, 6.07) is 5.64. The van der Waals surface area contributed by atoms with Crippen LogP contribution in [0, 0.1) is 0 Å². The van der Waals surface area contributed by atoms with Crippen molar-refractivity contribution in [1.82, 2.24) is 5.32 Å². The Balaban J connectivity index is 1.91. The molecule has 1 fully saturated rings. The van der Waals surface area contributed by atoms with Crippen molar-refractivity contribution in [3.05, 3.63) is 18.2 Å². The number of nitrogens with one attached hydrogen (secondary N) is 1. The third-order valence-electron chi connectivity index (χ3n) is 3.45. The molecule has 1 N–H and O–H groups in total. The number of para-hydroxylation sites is 1. The van der Waals surface area contributed by atoms with E-state index < -0.39 is 0 Å². The first kappa shape index (κ1) is 14.5. The van der Waals surface area contributed by atoms with Crippen LogP contribution in [0.1, 0.15) is 25.7 Å². The van der Waals surface area contributed by atoms with Gasteiger partial charge in [-0.3, -0.25) is 4.79 Å². The molecule has 0 bridgehead atoms. The molecule has 1 aromatic carbocycles. The smallest absolute Gasteiger partial charge is 0.258 e. The van der Waals surface area contributed by atoms with Crippen molar-refractivity contribution < 1.29 is 19.0 Å². The van der Waals surface area contributed by atoms with Crippen molar-refractivity contribution in [1.29, 1.82) is 0 Å². The van der Waals surface area contributed by atoms with Gasteiger partial charge >= 0.3 is 0 Å². The molecule has 0 aromatic heterocycles. The minimum atomic E-state index is -0.0956. The minimum Gasteiger partial charge on any atom is -0.493 e. The standard InChI is InChI=1S/C15H21NO4/c1-18-12-8-5-9-13(15(12)19-2)20-10-14(17)16-11-6-3-4-7-11/h5,8-9,11H,3-4,6-7,10H2,1-2H3,(H,16,17). The van der Waals surface area contributed by atoms with Crippen molar-refractivity contribution in [2.75, 3.05) is 20.8 Å². The number of carbonyl (C=O) groups excluding carboxylic acids is 1. The highest BCUT2D eigenvalue weighted by Crippen LogP contribution is 2.36. The van der Waals surface area contributed by atoms with Gasteiger partial charge in [0.1, 0.15) is 0 Å². The summed E-state index contributed by atoms with van der Waals surface area (Å²) in [7, 11) is 3.11. The van der Waals surface area contributed by atoms with E-state index in [0.717, 1.165) is 12.8 Å². The molecule has 5 nitrogen and oxygen atoms in total. The predicted octanol–water partition coefficient (Wildman–Crippen LogP) is 2.14. The van der Waals surface area contributed by atoms with Crippen LogP contribution >= 0.6 is 0 Å². The van der Waals surface area contributed by atoms with Crippen molar-refractivity contribution in [2.24, 2.45) is 0 Å². The number of amides is 1. The van der Waals surface area contributed by atoms with E-state index in [1.54, 1.807) is 32.4 Å². The molecule has 2 rings (SSSR count). The van der Waals surface area contributed by atoms with Crippen LogP contribution in [0.5, 0.6) is 17.2 Å². The summed E-state index contributed by atoms with van der Waals surface area (Å²) in [6.07, 6.45) is 4.51. The van der Waals surface area contributed by atoms with Crippen LogP contribution in [0.4, 0.5) is 0 Å². The third-order valence-corrected chi connectivity index (χ3v) is 3.45. The van der Waals surface area contributed by atoms with Crippen LogP contribution in [0.2, 0.25) is 0 Å². The zero-order chi connectivity index (χ0) is 14.4. The second-order valence-corrected chi connectivity index (χ2v) is 4.83. The summed E-state index contributed by atoms with van der Waals surface area (Å²) in [6.45, 7) is -0.0139. The fourth-order valence-corrected chi connectivity index (χ4v) is 2.45. The number of hydrogen-bond acceptors (Lipinski definition) is 4. The van der Waals surface area contributed by atoms with Crippen LogP contribution in [-0.4, -0.2) is 32.8 Å². The fourth-order valence-electron chi connectivity index (χ4n) is 2.45. The molecular weight excluding hydrogens is 258 g/mol. The Labute approximate surface area is 119 Å². The third kappa shape index (κ3) is 3.56. The van der Waals surface area contributed by atoms with E-state index in [9.17, 15) is 4.79 Å². The lowest BCUT2D eigenvalue weighted by Gasteiger charge is -2.15. The molecule has 0 heterocycles. The Kier molecular flexibility index (Phi) is 5.09. The number of carbonyl (C=O) groups is 1. The van der Waals surface area contributed by atoms with Gasteiger partial charge in [0.15, 0.2) is 18.1 Å². The summed E-state index contributed by atoms with van der Waals surface area (Å²) in [5, 5.41) is 2.98. The Morgan fingerprint density at radius 1 is 1.20 bits per heavy atom. The van der Waals surface area contributed by atoms with Gasteiger partial charge in [0.25, 0.3) is 5.91 Å². The van der Waals surface area contributed by atoms with Gasteiger partial charge in [-0.05, 0) is 25.0 Å². The van der Waals surface area contributed by atoms with Crippen LogP contribution in [0.25, 0.3) is 0 Å². The predicted molar refractivity (Wildman–Crippen MR) is 75.4 cm³/mol. The highest BCUT2D eigenvalue weighted by Gasteiger charge is 2.18. The number of hydrogen-bond donors (Lipinski definition) is 1. The van der Waals surface area contributed by atoms with Gasteiger partial charge in [-0.2, -0.15) is 0 Å². The molecule has 110 valence electrons. The molecule has 0 saturated heterocycles. The summed E-state index contributed by atoms with van der Waals surface area (Å²) in [5.74, 6) is 1.50. The van der Waals surface area contributed by atoms with Gasteiger partial charge in [0, 0.05) is 6.04 Å². The molecule has 20 heavy (non-hydrogen) atoms. The molecule has 0 aliphatic heterocycles. The summed E-state index contributed by atoms with van der Waals surface area (Å²) >= 11 is 0. The SMILES string of the molecule is COc1cccc(OCC(=O)NC2CCCC2)c1OC. The van der Waals surface area contributed by atoms with Gasteiger partial charge in [0.2, 0.25) is 5.75 Å². The average Bonchev–Trinajstić information content (AvgIpc) is 2.97. The zero-order valence-electron chi connectivity index (χ0n) is 12.0. The topological polar surface area (TPSA) is 56.8 Å². The van der Waals surface area contributed by atoms with Crippen LogP contribution in [0.15, 0.2) is 18.2 Å². The molecule has 1 saturated carbocycles. The Morgan fingerprint density at radius 3 is 2.55 bits per heavy atom. The van der Waals surface area contributed by atoms with Crippen LogP contribution < -0.4 is 19.5 Å². The van der Waals surface area contributed by atoms with Crippen molar-refractivity contribution in [2.45, 2.75) is 31.7 Å². The van der Waals surface area contributed by atoms with Gasteiger partial charge in [-0.15, -0.1) is 0 Å². The first-order valence-corrected chi connectivity index (χ1v) is 6.87. The average molecular weight is 279 g/mol. The lowest BCUT2D eigenvalue weighted by atomic mass is 10.2. The number of rotatable bonds is 6. The van der Waals surface area contributed by atoms with Gasteiger partial charge in [0.05, 0.1) is 14.2 Å². The molecule has 1 aromatic rings. The van der Waals surface area contributed by atoms with E-state index in [2.05, 4.69) is 5.32 Å². The summed E-state index contributed by atoms with van der Waals surface area (Å²) < 4.78 is 16.0. The Hall–Kier alpha value is -1.91. The molecule has 1 aliphatic carbocycles. The maximum atomic E-state index is 11.8. The maximum Gasteiger partial charge on any atom is 0.258 e. The van der Waals surface area contributed by atoms with Gasteiger partial charge < -0.3 is 19.5 Å². The normalized spacial score (nSPS) is 14.9. The van der Waals surface area contributed by atoms with Crippen LogP contribution in [0.3, 0.4) is 0 Å².